The van der Waals surface area contributed by atoms with Crippen LogP contribution in [0.3, 0.4) is 0 Å². The SMILES string of the molecule is COc1cccc(C(CC(=O)NC2CCCCNC2=O)c2cnc3c(C)cccn23)c1. The van der Waals surface area contributed by atoms with Crippen molar-refractivity contribution in [2.75, 3.05) is 13.7 Å². The molecule has 31 heavy (non-hydrogen) atoms. The van der Waals surface area contributed by atoms with Crippen molar-refractivity contribution in [2.24, 2.45) is 0 Å². The van der Waals surface area contributed by atoms with Crippen molar-refractivity contribution in [3.8, 4) is 5.75 Å². The molecular weight excluding hydrogens is 392 g/mol. The van der Waals surface area contributed by atoms with E-state index in [1.54, 1.807) is 7.11 Å². The van der Waals surface area contributed by atoms with E-state index in [0.717, 1.165) is 41.1 Å². The lowest BCUT2D eigenvalue weighted by molar-refractivity contribution is -0.128. The molecular formula is C24H28N4O3. The minimum Gasteiger partial charge on any atom is -0.497 e. The summed E-state index contributed by atoms with van der Waals surface area (Å²) in [5.74, 6) is 0.239. The van der Waals surface area contributed by atoms with Gasteiger partial charge in [0.25, 0.3) is 0 Å². The number of carbonyl (C=O) groups excluding carboxylic acids is 2. The van der Waals surface area contributed by atoms with Crippen LogP contribution in [0.1, 0.15) is 48.4 Å². The molecule has 1 aromatic carbocycles. The first-order valence-corrected chi connectivity index (χ1v) is 10.7. The molecule has 7 heteroatoms. The monoisotopic (exact) mass is 420 g/mol. The molecule has 2 N–H and O–H groups in total. The second-order valence-electron chi connectivity index (χ2n) is 8.01. The van der Waals surface area contributed by atoms with Crippen LogP contribution in [-0.4, -0.2) is 40.9 Å². The summed E-state index contributed by atoms with van der Waals surface area (Å²) in [6.07, 6.45) is 6.52. The quantitative estimate of drug-likeness (QED) is 0.642. The van der Waals surface area contributed by atoms with Gasteiger partial charge in [-0.15, -0.1) is 0 Å². The van der Waals surface area contributed by atoms with E-state index < -0.39 is 6.04 Å². The first kappa shape index (κ1) is 20.9. The maximum absolute atomic E-state index is 13.1. The Bertz CT molecular complexity index is 1090. The van der Waals surface area contributed by atoms with Crippen molar-refractivity contribution in [2.45, 2.75) is 44.6 Å². The second-order valence-corrected chi connectivity index (χ2v) is 8.01. The summed E-state index contributed by atoms with van der Waals surface area (Å²) in [5.41, 5.74) is 3.82. The lowest BCUT2D eigenvalue weighted by Crippen LogP contribution is -2.45. The van der Waals surface area contributed by atoms with Crippen LogP contribution in [0.15, 0.2) is 48.8 Å². The fraction of sp³-hybridized carbons (Fsp3) is 0.375. The van der Waals surface area contributed by atoms with Gasteiger partial charge in [0.2, 0.25) is 11.8 Å². The van der Waals surface area contributed by atoms with Crippen molar-refractivity contribution in [1.29, 1.82) is 0 Å². The molecule has 0 saturated carbocycles. The zero-order valence-electron chi connectivity index (χ0n) is 17.9. The number of aryl methyl sites for hydroxylation is 1. The number of nitrogens with zero attached hydrogens (tertiary/aromatic N) is 2. The number of imidazole rings is 1. The smallest absolute Gasteiger partial charge is 0.242 e. The molecule has 3 aromatic rings. The van der Waals surface area contributed by atoms with Gasteiger partial charge in [0.1, 0.15) is 17.4 Å². The van der Waals surface area contributed by atoms with Gasteiger partial charge in [-0.25, -0.2) is 4.98 Å². The lowest BCUT2D eigenvalue weighted by Gasteiger charge is -2.20. The van der Waals surface area contributed by atoms with Gasteiger partial charge in [-0.3, -0.25) is 9.59 Å². The van der Waals surface area contributed by atoms with Crippen molar-refractivity contribution in [3.63, 3.8) is 0 Å². The van der Waals surface area contributed by atoms with Crippen LogP contribution >= 0.6 is 0 Å². The average Bonchev–Trinajstić information content (AvgIpc) is 3.11. The van der Waals surface area contributed by atoms with E-state index in [0.29, 0.717) is 13.0 Å². The largest absolute Gasteiger partial charge is 0.497 e. The number of methoxy groups -OCH3 is 1. The normalized spacial score (nSPS) is 17.6. The summed E-state index contributed by atoms with van der Waals surface area (Å²) < 4.78 is 7.44. The number of nitrogens with one attached hydrogen (secondary N) is 2. The average molecular weight is 421 g/mol. The highest BCUT2D eigenvalue weighted by Crippen LogP contribution is 2.31. The summed E-state index contributed by atoms with van der Waals surface area (Å²) in [6, 6.07) is 11.3. The number of ether oxygens (including phenoxy) is 1. The van der Waals surface area contributed by atoms with Crippen molar-refractivity contribution in [1.82, 2.24) is 20.0 Å². The number of amides is 2. The molecule has 1 fully saturated rings. The maximum atomic E-state index is 13.1. The highest BCUT2D eigenvalue weighted by molar-refractivity contribution is 5.88. The highest BCUT2D eigenvalue weighted by Gasteiger charge is 2.26. The molecule has 162 valence electrons. The fourth-order valence-corrected chi connectivity index (χ4v) is 4.20. The molecule has 1 aliphatic heterocycles. The highest BCUT2D eigenvalue weighted by atomic mass is 16.5. The first-order valence-electron chi connectivity index (χ1n) is 10.7. The summed E-state index contributed by atoms with van der Waals surface area (Å²) in [7, 11) is 1.63. The fourth-order valence-electron chi connectivity index (χ4n) is 4.20. The Kier molecular flexibility index (Phi) is 6.21. The molecule has 2 unspecified atom stereocenters. The number of carbonyl (C=O) groups is 2. The molecule has 0 aliphatic carbocycles. The molecule has 4 rings (SSSR count). The Morgan fingerprint density at radius 2 is 2.19 bits per heavy atom. The van der Waals surface area contributed by atoms with Crippen molar-refractivity contribution >= 4 is 17.5 Å². The lowest BCUT2D eigenvalue weighted by atomic mass is 9.92. The van der Waals surface area contributed by atoms with Gasteiger partial charge < -0.3 is 19.8 Å². The third-order valence-electron chi connectivity index (χ3n) is 5.87. The van der Waals surface area contributed by atoms with Crippen molar-refractivity contribution < 1.29 is 14.3 Å². The summed E-state index contributed by atoms with van der Waals surface area (Å²) in [6.45, 7) is 2.68. The number of benzene rings is 1. The molecule has 3 heterocycles. The van der Waals surface area contributed by atoms with E-state index >= 15 is 0 Å². The van der Waals surface area contributed by atoms with E-state index in [1.165, 1.54) is 0 Å². The van der Waals surface area contributed by atoms with Crippen LogP contribution in [0.4, 0.5) is 0 Å². The molecule has 2 atom stereocenters. The van der Waals surface area contributed by atoms with Gasteiger partial charge in [-0.1, -0.05) is 18.2 Å². The van der Waals surface area contributed by atoms with Crippen LogP contribution < -0.4 is 15.4 Å². The van der Waals surface area contributed by atoms with Crippen LogP contribution in [0, 0.1) is 6.92 Å². The molecule has 1 aliphatic rings. The van der Waals surface area contributed by atoms with Crippen molar-refractivity contribution in [3.05, 3.63) is 65.6 Å². The van der Waals surface area contributed by atoms with E-state index in [1.807, 2.05) is 60.1 Å². The molecule has 0 radical (unpaired) electrons. The van der Waals surface area contributed by atoms with Gasteiger partial charge in [0.05, 0.1) is 12.8 Å². The van der Waals surface area contributed by atoms with E-state index in [-0.39, 0.29) is 24.2 Å². The Hall–Kier alpha value is -3.35. The third-order valence-corrected chi connectivity index (χ3v) is 5.87. The summed E-state index contributed by atoms with van der Waals surface area (Å²) >= 11 is 0. The number of hydrogen-bond acceptors (Lipinski definition) is 4. The summed E-state index contributed by atoms with van der Waals surface area (Å²) in [5, 5.41) is 5.82. The van der Waals surface area contributed by atoms with E-state index in [4.69, 9.17) is 4.74 Å². The van der Waals surface area contributed by atoms with Gasteiger partial charge in [-0.05, 0) is 55.5 Å². The van der Waals surface area contributed by atoms with Gasteiger partial charge in [0, 0.05) is 31.3 Å². The predicted molar refractivity (Wildman–Crippen MR) is 118 cm³/mol. The molecule has 0 bridgehead atoms. The van der Waals surface area contributed by atoms with Crippen LogP contribution in [0.5, 0.6) is 5.75 Å². The molecule has 2 aromatic heterocycles. The number of rotatable bonds is 6. The molecule has 1 saturated heterocycles. The maximum Gasteiger partial charge on any atom is 0.242 e. The Morgan fingerprint density at radius 3 is 3.03 bits per heavy atom. The molecule has 7 nitrogen and oxygen atoms in total. The van der Waals surface area contributed by atoms with Gasteiger partial charge >= 0.3 is 0 Å². The van der Waals surface area contributed by atoms with Crippen LogP contribution in [0.25, 0.3) is 5.65 Å². The number of hydrogen-bond donors (Lipinski definition) is 2. The van der Waals surface area contributed by atoms with Crippen LogP contribution in [0.2, 0.25) is 0 Å². The Labute approximate surface area is 181 Å². The zero-order valence-corrected chi connectivity index (χ0v) is 17.9. The number of fused-ring (bicyclic) bond motifs is 1. The minimum atomic E-state index is -0.481. The van der Waals surface area contributed by atoms with Gasteiger partial charge in [-0.2, -0.15) is 0 Å². The topological polar surface area (TPSA) is 84.7 Å². The van der Waals surface area contributed by atoms with Gasteiger partial charge in [0.15, 0.2) is 0 Å². The minimum absolute atomic E-state index is 0.103. The number of aromatic nitrogens is 2. The zero-order chi connectivity index (χ0) is 21.8. The van der Waals surface area contributed by atoms with E-state index in [9.17, 15) is 9.59 Å². The molecule has 0 spiro atoms. The standard InChI is InChI=1S/C24H28N4O3/c1-16-7-6-12-28-21(15-26-23(16)28)19(17-8-5-9-18(13-17)31-2)14-22(29)27-20-10-3-4-11-25-24(20)30/h5-9,12-13,15,19-20H,3-4,10-11,14H2,1-2H3,(H,25,30)(H,27,29). The Balaban J connectivity index is 1.66. The number of pyridine rings is 1. The van der Waals surface area contributed by atoms with Crippen LogP contribution in [-0.2, 0) is 9.59 Å². The predicted octanol–water partition coefficient (Wildman–Crippen LogP) is 2.96. The first-order chi connectivity index (χ1) is 15.1. The molecule has 2 amide bonds. The Morgan fingerprint density at radius 1 is 1.32 bits per heavy atom. The van der Waals surface area contributed by atoms with E-state index in [2.05, 4.69) is 15.6 Å². The third kappa shape index (κ3) is 4.55. The summed E-state index contributed by atoms with van der Waals surface area (Å²) in [4.78, 5) is 29.9. The second kappa shape index (κ2) is 9.20.